The van der Waals surface area contributed by atoms with Gasteiger partial charge in [0.15, 0.2) is 5.03 Å². The quantitative estimate of drug-likeness (QED) is 0.309. The number of amides is 1. The van der Waals surface area contributed by atoms with Crippen molar-refractivity contribution in [1.29, 1.82) is 0 Å². The third kappa shape index (κ3) is 8.13. The van der Waals surface area contributed by atoms with Crippen molar-refractivity contribution < 1.29 is 27.1 Å². The van der Waals surface area contributed by atoms with Crippen molar-refractivity contribution >= 4 is 21.7 Å². The van der Waals surface area contributed by atoms with E-state index < -0.39 is 26.8 Å². The summed E-state index contributed by atoms with van der Waals surface area (Å²) in [4.78, 5) is 21.5. The number of nitrogens with two attached hydrogens (primary N) is 1. The van der Waals surface area contributed by atoms with E-state index in [2.05, 4.69) is 16.9 Å². The van der Waals surface area contributed by atoms with Crippen LogP contribution in [0.25, 0.3) is 11.3 Å². The second kappa shape index (κ2) is 12.9. The summed E-state index contributed by atoms with van der Waals surface area (Å²) < 4.78 is 53.8. The SMILES string of the molecule is CCCC(C)C(C)Oc1nc(-c2cc(F)cc(OCC(C)C)c2)ccc1C(=O)NS(=O)(=O)c1cccc(N)n1. The summed E-state index contributed by atoms with van der Waals surface area (Å²) in [7, 11) is -4.33. The molecule has 0 radical (unpaired) electrons. The zero-order valence-electron chi connectivity index (χ0n) is 22.8. The zero-order valence-corrected chi connectivity index (χ0v) is 23.6. The Morgan fingerprint density at radius 2 is 1.82 bits per heavy atom. The van der Waals surface area contributed by atoms with Crippen molar-refractivity contribution in [3.05, 3.63) is 59.9 Å². The Bertz CT molecular complexity index is 1410. The number of pyridine rings is 2. The summed E-state index contributed by atoms with van der Waals surface area (Å²) in [6.07, 6.45) is 1.46. The highest BCUT2D eigenvalue weighted by Crippen LogP contribution is 2.29. The Morgan fingerprint density at radius 3 is 2.49 bits per heavy atom. The van der Waals surface area contributed by atoms with Crippen LogP contribution in [0.2, 0.25) is 0 Å². The minimum Gasteiger partial charge on any atom is -0.493 e. The van der Waals surface area contributed by atoms with E-state index in [0.717, 1.165) is 12.8 Å². The molecule has 0 spiro atoms. The van der Waals surface area contributed by atoms with Crippen LogP contribution in [0.1, 0.15) is 57.8 Å². The van der Waals surface area contributed by atoms with Crippen molar-refractivity contribution in [2.24, 2.45) is 11.8 Å². The molecule has 2 atom stereocenters. The van der Waals surface area contributed by atoms with Gasteiger partial charge in [0.25, 0.3) is 15.9 Å². The number of carbonyl (C=O) groups is 1. The number of benzene rings is 1. The number of nitrogens with one attached hydrogen (secondary N) is 1. The summed E-state index contributed by atoms with van der Waals surface area (Å²) in [5.41, 5.74) is 6.24. The monoisotopic (exact) mass is 558 g/mol. The molecule has 11 heteroatoms. The van der Waals surface area contributed by atoms with Gasteiger partial charge in [-0.05, 0) is 61.6 Å². The number of sulfonamides is 1. The smallest absolute Gasteiger partial charge is 0.281 e. The number of hydrogen-bond donors (Lipinski definition) is 2. The lowest BCUT2D eigenvalue weighted by Gasteiger charge is -2.22. The molecule has 9 nitrogen and oxygen atoms in total. The molecule has 3 aromatic rings. The van der Waals surface area contributed by atoms with Crippen LogP contribution in [-0.2, 0) is 10.0 Å². The van der Waals surface area contributed by atoms with Gasteiger partial charge in [-0.1, -0.05) is 40.2 Å². The number of nitrogens with zero attached hydrogens (tertiary/aromatic N) is 2. The maximum atomic E-state index is 14.4. The number of ether oxygens (including phenoxy) is 2. The van der Waals surface area contributed by atoms with E-state index in [1.807, 2.05) is 32.4 Å². The molecule has 0 fully saturated rings. The van der Waals surface area contributed by atoms with Crippen molar-refractivity contribution in [2.45, 2.75) is 58.6 Å². The van der Waals surface area contributed by atoms with Gasteiger partial charge >= 0.3 is 0 Å². The van der Waals surface area contributed by atoms with E-state index in [9.17, 15) is 17.6 Å². The summed E-state index contributed by atoms with van der Waals surface area (Å²) in [6, 6.07) is 11.2. The number of halogens is 1. The molecule has 2 unspecified atom stereocenters. The lowest BCUT2D eigenvalue weighted by atomic mass is 10.0. The maximum absolute atomic E-state index is 14.4. The first-order valence-corrected chi connectivity index (χ1v) is 14.3. The second-order valence-corrected chi connectivity index (χ2v) is 11.5. The van der Waals surface area contributed by atoms with Crippen molar-refractivity contribution in [3.63, 3.8) is 0 Å². The van der Waals surface area contributed by atoms with E-state index in [4.69, 9.17) is 15.2 Å². The number of rotatable bonds is 12. The Labute approximate surface area is 229 Å². The predicted octanol–water partition coefficient (Wildman–Crippen LogP) is 5.22. The Hall–Kier alpha value is -3.73. The largest absolute Gasteiger partial charge is 0.493 e. The molecule has 3 N–H and O–H groups in total. The van der Waals surface area contributed by atoms with Gasteiger partial charge in [-0.2, -0.15) is 8.42 Å². The van der Waals surface area contributed by atoms with Crippen LogP contribution in [0, 0.1) is 17.7 Å². The fourth-order valence-corrected chi connectivity index (χ4v) is 4.65. The summed E-state index contributed by atoms with van der Waals surface area (Å²) >= 11 is 0. The highest BCUT2D eigenvalue weighted by atomic mass is 32.2. The summed E-state index contributed by atoms with van der Waals surface area (Å²) in [5, 5.41) is -0.401. The summed E-state index contributed by atoms with van der Waals surface area (Å²) in [6.45, 7) is 10.3. The minimum absolute atomic E-state index is 0.00839. The Morgan fingerprint density at radius 1 is 1.08 bits per heavy atom. The van der Waals surface area contributed by atoms with E-state index in [0.29, 0.717) is 23.6 Å². The zero-order chi connectivity index (χ0) is 28.7. The first-order chi connectivity index (χ1) is 18.4. The molecular formula is C28H35FN4O5S. The fraction of sp³-hybridized carbons (Fsp3) is 0.393. The highest BCUT2D eigenvalue weighted by Gasteiger charge is 2.25. The lowest BCUT2D eigenvalue weighted by molar-refractivity contribution is 0.0966. The molecule has 0 bridgehead atoms. The van der Waals surface area contributed by atoms with E-state index in [1.54, 1.807) is 6.07 Å². The van der Waals surface area contributed by atoms with Crippen LogP contribution in [0.5, 0.6) is 11.6 Å². The Kier molecular flexibility index (Phi) is 9.85. The first kappa shape index (κ1) is 29.8. The van der Waals surface area contributed by atoms with Gasteiger partial charge < -0.3 is 15.2 Å². The molecule has 0 saturated heterocycles. The second-order valence-electron chi connectivity index (χ2n) is 9.85. The van der Waals surface area contributed by atoms with Crippen LogP contribution in [-0.4, -0.2) is 37.0 Å². The third-order valence-corrected chi connectivity index (χ3v) is 7.18. The molecule has 39 heavy (non-hydrogen) atoms. The molecule has 0 aliphatic carbocycles. The van der Waals surface area contributed by atoms with Crippen molar-refractivity contribution in [1.82, 2.24) is 14.7 Å². The average Bonchev–Trinajstić information content (AvgIpc) is 2.87. The molecule has 0 aliphatic heterocycles. The van der Waals surface area contributed by atoms with Gasteiger partial charge in [-0.3, -0.25) is 4.79 Å². The van der Waals surface area contributed by atoms with E-state index in [1.165, 1.54) is 42.5 Å². The third-order valence-electron chi connectivity index (χ3n) is 5.95. The molecule has 3 rings (SSSR count). The van der Waals surface area contributed by atoms with Crippen LogP contribution in [0.15, 0.2) is 53.6 Å². The number of nitrogen functional groups attached to an aromatic ring is 1. The van der Waals surface area contributed by atoms with Crippen LogP contribution < -0.4 is 19.9 Å². The van der Waals surface area contributed by atoms with Crippen LogP contribution in [0.3, 0.4) is 0 Å². The van der Waals surface area contributed by atoms with Crippen LogP contribution in [0.4, 0.5) is 10.2 Å². The molecular weight excluding hydrogens is 523 g/mol. The van der Waals surface area contributed by atoms with Gasteiger partial charge in [0.2, 0.25) is 5.88 Å². The van der Waals surface area contributed by atoms with Gasteiger partial charge in [0.05, 0.1) is 12.3 Å². The van der Waals surface area contributed by atoms with Crippen molar-refractivity contribution in [2.75, 3.05) is 12.3 Å². The minimum atomic E-state index is -4.33. The normalized spacial score (nSPS) is 13.1. The predicted molar refractivity (Wildman–Crippen MR) is 147 cm³/mol. The van der Waals surface area contributed by atoms with Crippen LogP contribution >= 0.6 is 0 Å². The van der Waals surface area contributed by atoms with Gasteiger partial charge in [-0.15, -0.1) is 0 Å². The number of carbonyl (C=O) groups excluding carboxylic acids is 1. The number of aromatic nitrogens is 2. The van der Waals surface area contributed by atoms with Crippen molar-refractivity contribution in [3.8, 4) is 22.9 Å². The molecule has 0 saturated carbocycles. The van der Waals surface area contributed by atoms with E-state index in [-0.39, 0.29) is 35.2 Å². The molecule has 1 aromatic carbocycles. The Balaban J connectivity index is 2.00. The molecule has 2 aromatic heterocycles. The van der Waals surface area contributed by atoms with E-state index >= 15 is 0 Å². The lowest BCUT2D eigenvalue weighted by Crippen LogP contribution is -2.32. The molecule has 0 aliphatic rings. The topological polar surface area (TPSA) is 134 Å². The molecule has 2 heterocycles. The highest BCUT2D eigenvalue weighted by molar-refractivity contribution is 7.90. The number of hydrogen-bond acceptors (Lipinski definition) is 8. The standard InChI is InChI=1S/C28H35FN4O5S/c1-6-8-18(4)19(5)38-28-23(27(34)33-39(35,36)26-10-7-9-25(30)32-26)11-12-24(31-28)20-13-21(29)15-22(14-20)37-16-17(2)3/h7,9-15,17-19H,6,8,16H2,1-5H3,(H2,30,32)(H,33,34). The van der Waals surface area contributed by atoms with Gasteiger partial charge in [0, 0.05) is 11.6 Å². The van der Waals surface area contributed by atoms with Gasteiger partial charge in [-0.25, -0.2) is 19.1 Å². The average molecular weight is 559 g/mol. The summed E-state index contributed by atoms with van der Waals surface area (Å²) in [5.74, 6) is -0.835. The molecule has 210 valence electrons. The van der Waals surface area contributed by atoms with Gasteiger partial charge in [0.1, 0.15) is 29.1 Å². The first-order valence-electron chi connectivity index (χ1n) is 12.8. The number of anilines is 1. The fourth-order valence-electron chi connectivity index (χ4n) is 3.71. The molecule has 1 amide bonds. The maximum Gasteiger partial charge on any atom is 0.281 e.